The molecule has 4 nitrogen and oxygen atoms in total. The van der Waals surface area contributed by atoms with E-state index in [9.17, 15) is 9.59 Å². The molecule has 0 radical (unpaired) electrons. The summed E-state index contributed by atoms with van der Waals surface area (Å²) < 4.78 is 12.1. The van der Waals surface area contributed by atoms with Gasteiger partial charge in [0.2, 0.25) is 5.78 Å². The number of allylic oxidation sites excluding steroid dienone is 1. The Hall–Kier alpha value is -3.18. The Morgan fingerprint density at radius 1 is 1.00 bits per heavy atom. The van der Waals surface area contributed by atoms with Crippen molar-refractivity contribution in [3.8, 4) is 11.5 Å². The summed E-state index contributed by atoms with van der Waals surface area (Å²) in [5.41, 5.74) is 2.88. The summed E-state index contributed by atoms with van der Waals surface area (Å²) in [5, 5.41) is 0. The van der Waals surface area contributed by atoms with Crippen LogP contribution in [0.2, 0.25) is 0 Å². The van der Waals surface area contributed by atoms with E-state index < -0.39 is 5.97 Å². The molecule has 1 aliphatic rings. The highest BCUT2D eigenvalue weighted by Crippen LogP contribution is 2.35. The molecule has 1 aliphatic heterocycles. The van der Waals surface area contributed by atoms with Crippen molar-refractivity contribution in [1.82, 2.24) is 0 Å². The van der Waals surface area contributed by atoms with Gasteiger partial charge in [0.1, 0.15) is 11.5 Å². The predicted octanol–water partition coefficient (Wildman–Crippen LogP) is 6.58. The first-order valence-corrected chi connectivity index (χ1v) is 10.7. The van der Waals surface area contributed by atoms with Crippen molar-refractivity contribution in [2.24, 2.45) is 0 Å². The quantitative estimate of drug-likeness (QED) is 0.243. The van der Waals surface area contributed by atoms with E-state index in [1.165, 1.54) is 0 Å². The summed E-state index contributed by atoms with van der Waals surface area (Å²) in [7, 11) is 0. The Bertz CT molecular complexity index is 1200. The van der Waals surface area contributed by atoms with Gasteiger partial charge in [-0.25, -0.2) is 4.79 Å². The maximum atomic E-state index is 12.7. The number of ether oxygens (including phenoxy) is 2. The topological polar surface area (TPSA) is 52.6 Å². The van der Waals surface area contributed by atoms with Crippen LogP contribution >= 0.6 is 15.9 Å². The van der Waals surface area contributed by atoms with Crippen LogP contribution in [-0.4, -0.2) is 11.8 Å². The van der Waals surface area contributed by atoms with E-state index in [-0.39, 0.29) is 17.0 Å². The molecule has 3 aromatic rings. The Kier molecular flexibility index (Phi) is 5.54. The van der Waals surface area contributed by atoms with Gasteiger partial charge in [-0.2, -0.15) is 0 Å². The van der Waals surface area contributed by atoms with E-state index in [1.807, 2.05) is 36.4 Å². The summed E-state index contributed by atoms with van der Waals surface area (Å²) >= 11 is 3.47. The summed E-state index contributed by atoms with van der Waals surface area (Å²) in [6.45, 7) is 6.35. The van der Waals surface area contributed by atoms with Crippen LogP contribution in [0.25, 0.3) is 6.08 Å². The summed E-state index contributed by atoms with van der Waals surface area (Å²) in [5.74, 6) is 0.244. The van der Waals surface area contributed by atoms with E-state index >= 15 is 0 Å². The molecular weight excluding hydrogens is 456 g/mol. The second-order valence-electron chi connectivity index (χ2n) is 8.34. The Labute approximate surface area is 189 Å². The van der Waals surface area contributed by atoms with Gasteiger partial charge in [-0.05, 0) is 52.9 Å². The number of carbonyl (C=O) groups is 2. The maximum absolute atomic E-state index is 12.7. The van der Waals surface area contributed by atoms with Gasteiger partial charge in [-0.1, -0.05) is 67.0 Å². The molecule has 0 aliphatic carbocycles. The first-order chi connectivity index (χ1) is 14.7. The van der Waals surface area contributed by atoms with E-state index in [1.54, 1.807) is 36.4 Å². The number of hydrogen-bond donors (Lipinski definition) is 0. The lowest BCUT2D eigenvalue weighted by atomic mass is 9.87. The number of halogens is 1. The van der Waals surface area contributed by atoms with Gasteiger partial charge in [0.25, 0.3) is 0 Å². The van der Waals surface area contributed by atoms with Crippen molar-refractivity contribution in [3.05, 3.63) is 99.2 Å². The maximum Gasteiger partial charge on any atom is 0.343 e. The molecule has 4 rings (SSSR count). The third kappa shape index (κ3) is 4.47. The molecule has 0 saturated heterocycles. The van der Waals surface area contributed by atoms with Crippen LogP contribution in [0.3, 0.4) is 0 Å². The zero-order valence-electron chi connectivity index (χ0n) is 17.4. The minimum absolute atomic E-state index is 0.00680. The van der Waals surface area contributed by atoms with Crippen molar-refractivity contribution < 1.29 is 19.1 Å². The van der Waals surface area contributed by atoms with Crippen LogP contribution in [0, 0.1) is 0 Å². The Morgan fingerprint density at radius 3 is 2.39 bits per heavy atom. The summed E-state index contributed by atoms with van der Waals surface area (Å²) in [6, 6.07) is 19.7. The Balaban J connectivity index is 1.52. The standard InChI is InChI=1S/C26H21BrO4/c1-26(2,3)18-10-8-16(9-11-18)25(29)30-19-12-13-20-22(15-19)31-23(24(20)28)14-17-6-4-5-7-21(17)27/h4-15H,1-3H3. The molecule has 0 N–H and O–H groups in total. The molecule has 156 valence electrons. The number of fused-ring (bicyclic) bond motifs is 1. The SMILES string of the molecule is CC(C)(C)c1ccc(C(=O)Oc2ccc3c(c2)OC(=Cc2ccccc2Br)C3=O)cc1. The highest BCUT2D eigenvalue weighted by Gasteiger charge is 2.28. The van der Waals surface area contributed by atoms with Crippen LogP contribution in [0.15, 0.2) is 77.0 Å². The fourth-order valence-corrected chi connectivity index (χ4v) is 3.64. The van der Waals surface area contributed by atoms with Gasteiger partial charge in [0.05, 0.1) is 11.1 Å². The highest BCUT2D eigenvalue weighted by atomic mass is 79.9. The lowest BCUT2D eigenvalue weighted by Gasteiger charge is -2.18. The van der Waals surface area contributed by atoms with Crippen LogP contribution in [-0.2, 0) is 5.41 Å². The zero-order valence-corrected chi connectivity index (χ0v) is 19.0. The second-order valence-corrected chi connectivity index (χ2v) is 9.19. The molecule has 5 heteroatoms. The largest absolute Gasteiger partial charge is 0.452 e. The monoisotopic (exact) mass is 476 g/mol. The molecule has 1 heterocycles. The molecule has 0 aromatic heterocycles. The number of carbonyl (C=O) groups excluding carboxylic acids is 2. The fraction of sp³-hybridized carbons (Fsp3) is 0.154. The lowest BCUT2D eigenvalue weighted by Crippen LogP contribution is -2.12. The molecule has 3 aromatic carbocycles. The van der Waals surface area contributed by atoms with E-state index in [0.29, 0.717) is 22.6 Å². The van der Waals surface area contributed by atoms with Gasteiger partial charge in [-0.3, -0.25) is 4.79 Å². The minimum atomic E-state index is -0.464. The average Bonchev–Trinajstić information content (AvgIpc) is 3.04. The van der Waals surface area contributed by atoms with Crippen molar-refractivity contribution in [2.45, 2.75) is 26.2 Å². The predicted molar refractivity (Wildman–Crippen MR) is 124 cm³/mol. The van der Waals surface area contributed by atoms with Gasteiger partial charge in [0, 0.05) is 10.5 Å². The third-order valence-electron chi connectivity index (χ3n) is 5.03. The van der Waals surface area contributed by atoms with Crippen molar-refractivity contribution in [2.75, 3.05) is 0 Å². The van der Waals surface area contributed by atoms with Gasteiger partial charge >= 0.3 is 5.97 Å². The van der Waals surface area contributed by atoms with Crippen molar-refractivity contribution in [3.63, 3.8) is 0 Å². The number of ketones is 1. The van der Waals surface area contributed by atoms with E-state index in [0.717, 1.165) is 15.6 Å². The molecule has 0 unspecified atom stereocenters. The van der Waals surface area contributed by atoms with Gasteiger partial charge in [-0.15, -0.1) is 0 Å². The fourth-order valence-electron chi connectivity index (χ4n) is 3.24. The van der Waals surface area contributed by atoms with Crippen LogP contribution < -0.4 is 9.47 Å². The summed E-state index contributed by atoms with van der Waals surface area (Å²) in [4.78, 5) is 25.2. The van der Waals surface area contributed by atoms with Gasteiger partial charge in [0.15, 0.2) is 5.76 Å². The first-order valence-electron chi connectivity index (χ1n) is 9.88. The van der Waals surface area contributed by atoms with Crippen molar-refractivity contribution >= 4 is 33.8 Å². The normalized spacial score (nSPS) is 14.3. The molecule has 31 heavy (non-hydrogen) atoms. The third-order valence-corrected chi connectivity index (χ3v) is 5.75. The minimum Gasteiger partial charge on any atom is -0.452 e. The number of benzene rings is 3. The molecular formula is C26H21BrO4. The molecule has 0 saturated carbocycles. The first kappa shape index (κ1) is 21.1. The molecule has 0 fully saturated rings. The molecule has 0 bridgehead atoms. The number of hydrogen-bond acceptors (Lipinski definition) is 4. The molecule has 0 atom stereocenters. The van der Waals surface area contributed by atoms with Crippen LogP contribution in [0.1, 0.15) is 52.6 Å². The van der Waals surface area contributed by atoms with Crippen LogP contribution in [0.5, 0.6) is 11.5 Å². The summed E-state index contributed by atoms with van der Waals surface area (Å²) in [6.07, 6.45) is 1.69. The molecule has 0 spiro atoms. The van der Waals surface area contributed by atoms with Crippen molar-refractivity contribution in [1.29, 1.82) is 0 Å². The second kappa shape index (κ2) is 8.16. The van der Waals surface area contributed by atoms with E-state index in [4.69, 9.17) is 9.47 Å². The van der Waals surface area contributed by atoms with Crippen LogP contribution in [0.4, 0.5) is 0 Å². The van der Waals surface area contributed by atoms with Gasteiger partial charge < -0.3 is 9.47 Å². The zero-order chi connectivity index (χ0) is 22.2. The number of rotatable bonds is 3. The highest BCUT2D eigenvalue weighted by molar-refractivity contribution is 9.10. The Morgan fingerprint density at radius 2 is 1.71 bits per heavy atom. The molecule has 0 amide bonds. The number of esters is 1. The smallest absolute Gasteiger partial charge is 0.343 e. The number of Topliss-reactive ketones (excluding diaryl/α,β-unsaturated/α-hetero) is 1. The van der Waals surface area contributed by atoms with E-state index in [2.05, 4.69) is 36.7 Å². The lowest BCUT2D eigenvalue weighted by molar-refractivity contribution is 0.0734. The average molecular weight is 477 g/mol.